The van der Waals surface area contributed by atoms with E-state index < -0.39 is 0 Å². The Bertz CT molecular complexity index is 348. The fourth-order valence-electron chi connectivity index (χ4n) is 2.32. The van der Waals surface area contributed by atoms with Crippen molar-refractivity contribution in [3.8, 4) is 0 Å². The summed E-state index contributed by atoms with van der Waals surface area (Å²) in [6.45, 7) is 2.43. The first-order valence-electron chi connectivity index (χ1n) is 5.95. The molecule has 1 aliphatic heterocycles. The van der Waals surface area contributed by atoms with Crippen molar-refractivity contribution < 1.29 is 5.11 Å². The third-order valence-electron chi connectivity index (χ3n) is 3.12. The van der Waals surface area contributed by atoms with Gasteiger partial charge in [0.25, 0.3) is 0 Å². The number of aliphatic hydroxyl groups is 1. The molecule has 1 heterocycles. The van der Waals surface area contributed by atoms with E-state index in [1.165, 1.54) is 24.9 Å². The van der Waals surface area contributed by atoms with Crippen LogP contribution in [-0.4, -0.2) is 24.8 Å². The lowest BCUT2D eigenvalue weighted by atomic mass is 10.1. The molecular formula is C13H18ClNO. The quantitative estimate of drug-likeness (QED) is 0.877. The van der Waals surface area contributed by atoms with Crippen molar-refractivity contribution in [1.82, 2.24) is 0 Å². The minimum absolute atomic E-state index is 0.182. The van der Waals surface area contributed by atoms with Crippen molar-refractivity contribution in [2.45, 2.75) is 25.7 Å². The molecule has 0 saturated carbocycles. The molecule has 0 radical (unpaired) electrons. The summed E-state index contributed by atoms with van der Waals surface area (Å²) in [5, 5.41) is 9.83. The van der Waals surface area contributed by atoms with Gasteiger partial charge in [-0.15, -0.1) is 0 Å². The molecule has 16 heavy (non-hydrogen) atoms. The minimum atomic E-state index is 0.182. The summed E-state index contributed by atoms with van der Waals surface area (Å²) < 4.78 is 0. The molecule has 2 rings (SSSR count). The molecule has 1 fully saturated rings. The highest BCUT2D eigenvalue weighted by Crippen LogP contribution is 2.27. The van der Waals surface area contributed by atoms with Crippen LogP contribution in [0.15, 0.2) is 18.2 Å². The van der Waals surface area contributed by atoms with Crippen molar-refractivity contribution >= 4 is 17.3 Å². The standard InChI is InChI=1S/C13H18ClNO/c14-12-4-5-13(11(10-12)6-9-16)15-7-2-1-3-8-15/h4-5,10,16H,1-3,6-9H2. The van der Waals surface area contributed by atoms with Gasteiger partial charge in [0.1, 0.15) is 0 Å². The second-order valence-electron chi connectivity index (χ2n) is 4.29. The molecule has 2 nitrogen and oxygen atoms in total. The maximum absolute atomic E-state index is 9.07. The van der Waals surface area contributed by atoms with Gasteiger partial charge in [-0.1, -0.05) is 11.6 Å². The van der Waals surface area contributed by atoms with Gasteiger partial charge in [-0.25, -0.2) is 0 Å². The highest BCUT2D eigenvalue weighted by molar-refractivity contribution is 6.30. The Morgan fingerprint density at radius 1 is 1.19 bits per heavy atom. The van der Waals surface area contributed by atoms with Crippen LogP contribution in [-0.2, 0) is 6.42 Å². The van der Waals surface area contributed by atoms with Crippen molar-refractivity contribution in [2.75, 3.05) is 24.6 Å². The smallest absolute Gasteiger partial charge is 0.0472 e. The summed E-state index contributed by atoms with van der Waals surface area (Å²) in [5.74, 6) is 0. The van der Waals surface area contributed by atoms with Gasteiger partial charge in [-0.2, -0.15) is 0 Å². The lowest BCUT2D eigenvalue weighted by Gasteiger charge is -2.30. The number of halogens is 1. The number of benzene rings is 1. The van der Waals surface area contributed by atoms with Crippen LogP contribution >= 0.6 is 11.6 Å². The zero-order valence-corrected chi connectivity index (χ0v) is 10.2. The van der Waals surface area contributed by atoms with Crippen LogP contribution in [0.3, 0.4) is 0 Å². The van der Waals surface area contributed by atoms with Crippen LogP contribution in [0.2, 0.25) is 5.02 Å². The fourth-order valence-corrected chi connectivity index (χ4v) is 2.51. The lowest BCUT2D eigenvalue weighted by Crippen LogP contribution is -2.30. The molecule has 0 aliphatic carbocycles. The summed E-state index contributed by atoms with van der Waals surface area (Å²) >= 11 is 5.99. The van der Waals surface area contributed by atoms with Gasteiger partial charge in [0, 0.05) is 30.4 Å². The van der Waals surface area contributed by atoms with Crippen LogP contribution < -0.4 is 4.90 Å². The van der Waals surface area contributed by atoms with E-state index in [9.17, 15) is 0 Å². The second kappa shape index (κ2) is 5.55. The first kappa shape index (κ1) is 11.7. The van der Waals surface area contributed by atoms with E-state index in [1.54, 1.807) is 0 Å². The number of aliphatic hydroxyl groups excluding tert-OH is 1. The van der Waals surface area contributed by atoms with E-state index in [2.05, 4.69) is 11.0 Å². The number of anilines is 1. The van der Waals surface area contributed by atoms with Crippen LogP contribution in [0.4, 0.5) is 5.69 Å². The molecule has 0 spiro atoms. The van der Waals surface area contributed by atoms with Gasteiger partial charge in [-0.05, 0) is 49.4 Å². The molecule has 1 aromatic rings. The van der Waals surface area contributed by atoms with Gasteiger partial charge in [0.2, 0.25) is 0 Å². The first-order chi connectivity index (χ1) is 7.81. The number of nitrogens with zero attached hydrogens (tertiary/aromatic N) is 1. The van der Waals surface area contributed by atoms with E-state index in [1.807, 2.05) is 12.1 Å². The lowest BCUT2D eigenvalue weighted by molar-refractivity contribution is 0.299. The van der Waals surface area contributed by atoms with Gasteiger partial charge >= 0.3 is 0 Å². The number of rotatable bonds is 3. The Labute approximate surface area is 102 Å². The Morgan fingerprint density at radius 2 is 1.94 bits per heavy atom. The summed E-state index contributed by atoms with van der Waals surface area (Å²) in [4.78, 5) is 2.41. The molecule has 0 aromatic heterocycles. The molecule has 1 N–H and O–H groups in total. The molecule has 0 bridgehead atoms. The molecule has 1 aliphatic rings. The van der Waals surface area contributed by atoms with Gasteiger partial charge in [-0.3, -0.25) is 0 Å². The van der Waals surface area contributed by atoms with E-state index in [0.29, 0.717) is 6.42 Å². The minimum Gasteiger partial charge on any atom is -0.396 e. The van der Waals surface area contributed by atoms with Gasteiger partial charge < -0.3 is 10.0 Å². The zero-order chi connectivity index (χ0) is 11.4. The molecule has 3 heteroatoms. The summed E-state index contributed by atoms with van der Waals surface area (Å²) in [6, 6.07) is 5.99. The molecule has 0 atom stereocenters. The molecule has 88 valence electrons. The monoisotopic (exact) mass is 239 g/mol. The summed E-state index contributed by atoms with van der Waals surface area (Å²) in [5.41, 5.74) is 2.41. The highest BCUT2D eigenvalue weighted by Gasteiger charge is 2.14. The fraction of sp³-hybridized carbons (Fsp3) is 0.538. The topological polar surface area (TPSA) is 23.5 Å². The van der Waals surface area contributed by atoms with Gasteiger partial charge in [0.05, 0.1) is 0 Å². The molecular weight excluding hydrogens is 222 g/mol. The molecule has 1 saturated heterocycles. The average molecular weight is 240 g/mol. The largest absolute Gasteiger partial charge is 0.396 e. The third-order valence-corrected chi connectivity index (χ3v) is 3.35. The van der Waals surface area contributed by atoms with Crippen LogP contribution in [0.25, 0.3) is 0 Å². The maximum Gasteiger partial charge on any atom is 0.0472 e. The Morgan fingerprint density at radius 3 is 2.62 bits per heavy atom. The van der Waals surface area contributed by atoms with Crippen LogP contribution in [0, 0.1) is 0 Å². The van der Waals surface area contributed by atoms with E-state index in [4.69, 9.17) is 16.7 Å². The summed E-state index contributed by atoms with van der Waals surface area (Å²) in [6.07, 6.45) is 4.55. The van der Waals surface area contributed by atoms with Crippen molar-refractivity contribution in [3.63, 3.8) is 0 Å². The second-order valence-corrected chi connectivity index (χ2v) is 4.73. The predicted octanol–water partition coefficient (Wildman–Crippen LogP) is 2.87. The SMILES string of the molecule is OCCc1cc(Cl)ccc1N1CCCCC1. The van der Waals surface area contributed by atoms with Crippen molar-refractivity contribution in [2.24, 2.45) is 0 Å². The normalized spacial score (nSPS) is 16.5. The van der Waals surface area contributed by atoms with E-state index >= 15 is 0 Å². The number of piperidine rings is 1. The zero-order valence-electron chi connectivity index (χ0n) is 9.45. The molecule has 0 unspecified atom stereocenters. The predicted molar refractivity (Wildman–Crippen MR) is 68.3 cm³/mol. The Kier molecular flexibility index (Phi) is 4.08. The Balaban J connectivity index is 2.23. The van der Waals surface area contributed by atoms with Gasteiger partial charge in [0.15, 0.2) is 0 Å². The number of hydrogen-bond donors (Lipinski definition) is 1. The summed E-state index contributed by atoms with van der Waals surface area (Å²) in [7, 11) is 0. The third kappa shape index (κ3) is 2.69. The van der Waals surface area contributed by atoms with Crippen molar-refractivity contribution in [3.05, 3.63) is 28.8 Å². The first-order valence-corrected chi connectivity index (χ1v) is 6.33. The van der Waals surface area contributed by atoms with Crippen LogP contribution in [0.5, 0.6) is 0 Å². The van der Waals surface area contributed by atoms with E-state index in [0.717, 1.165) is 23.7 Å². The van der Waals surface area contributed by atoms with E-state index in [-0.39, 0.29) is 6.61 Å². The average Bonchev–Trinajstić information content (AvgIpc) is 2.31. The van der Waals surface area contributed by atoms with Crippen LogP contribution in [0.1, 0.15) is 24.8 Å². The molecule has 1 aromatic carbocycles. The Hall–Kier alpha value is -0.730. The maximum atomic E-state index is 9.07. The molecule has 0 amide bonds. The highest BCUT2D eigenvalue weighted by atomic mass is 35.5. The van der Waals surface area contributed by atoms with Crippen molar-refractivity contribution in [1.29, 1.82) is 0 Å². The number of hydrogen-bond acceptors (Lipinski definition) is 2.